The SMILES string of the molecule is CC(C)(C)[S@@](=O)N[C@@](C)(CCC(C)(C#N)S(C)(=O)=O)c1ccccc1F. The lowest BCUT2D eigenvalue weighted by Crippen LogP contribution is -2.48. The Labute approximate surface area is 158 Å². The van der Waals surface area contributed by atoms with Crippen LogP contribution in [0.3, 0.4) is 0 Å². The van der Waals surface area contributed by atoms with E-state index < -0.39 is 41.7 Å². The molecule has 0 saturated heterocycles. The number of nitrogens with one attached hydrogen (secondary N) is 1. The molecule has 0 aromatic heterocycles. The molecule has 5 nitrogen and oxygen atoms in total. The summed E-state index contributed by atoms with van der Waals surface area (Å²) in [5, 5.41) is 9.37. The van der Waals surface area contributed by atoms with Crippen molar-refractivity contribution in [3.63, 3.8) is 0 Å². The van der Waals surface area contributed by atoms with Gasteiger partial charge in [-0.05, 0) is 53.5 Å². The van der Waals surface area contributed by atoms with E-state index in [4.69, 9.17) is 0 Å². The van der Waals surface area contributed by atoms with Crippen LogP contribution in [0.5, 0.6) is 0 Å². The zero-order valence-electron chi connectivity index (χ0n) is 16.1. The average molecular weight is 403 g/mol. The quantitative estimate of drug-likeness (QED) is 0.759. The Morgan fingerprint density at radius 2 is 1.69 bits per heavy atom. The van der Waals surface area contributed by atoms with Gasteiger partial charge in [-0.2, -0.15) is 5.26 Å². The van der Waals surface area contributed by atoms with Gasteiger partial charge in [-0.1, -0.05) is 18.2 Å². The zero-order valence-corrected chi connectivity index (χ0v) is 17.7. The molecule has 1 aromatic carbocycles. The number of benzene rings is 1. The fourth-order valence-corrected chi connectivity index (χ4v) is 3.89. The maximum atomic E-state index is 14.4. The summed E-state index contributed by atoms with van der Waals surface area (Å²) in [5.41, 5.74) is -0.821. The highest BCUT2D eigenvalue weighted by Crippen LogP contribution is 2.34. The molecule has 0 fully saturated rings. The lowest BCUT2D eigenvalue weighted by atomic mass is 9.85. The molecule has 1 aromatic rings. The van der Waals surface area contributed by atoms with Crippen molar-refractivity contribution < 1.29 is 17.0 Å². The van der Waals surface area contributed by atoms with E-state index in [2.05, 4.69) is 4.72 Å². The number of hydrogen-bond donors (Lipinski definition) is 1. The van der Waals surface area contributed by atoms with Crippen LogP contribution in [0, 0.1) is 17.1 Å². The van der Waals surface area contributed by atoms with E-state index in [-0.39, 0.29) is 18.4 Å². The topological polar surface area (TPSA) is 87.0 Å². The van der Waals surface area contributed by atoms with Gasteiger partial charge in [0.25, 0.3) is 0 Å². The molecular weight excluding hydrogens is 375 g/mol. The van der Waals surface area contributed by atoms with E-state index >= 15 is 0 Å². The van der Waals surface area contributed by atoms with Crippen molar-refractivity contribution in [3.05, 3.63) is 35.6 Å². The standard InChI is InChI=1S/C18H27FN2O3S2/c1-16(2,3)25(22)21-18(5,14-9-7-8-10-15(14)19)12-11-17(4,13-20)26(6,23)24/h7-10,21H,11-12H2,1-6H3/t17?,18-,25+/m0/s1. The van der Waals surface area contributed by atoms with Crippen LogP contribution in [0.2, 0.25) is 0 Å². The fourth-order valence-electron chi connectivity index (χ4n) is 2.32. The molecule has 0 aliphatic heterocycles. The number of hydrogen-bond acceptors (Lipinski definition) is 4. The summed E-state index contributed by atoms with van der Waals surface area (Å²) in [6.07, 6.45) is 1.10. The number of sulfone groups is 1. The number of nitriles is 1. The summed E-state index contributed by atoms with van der Waals surface area (Å²) in [5.74, 6) is -0.480. The van der Waals surface area contributed by atoms with Gasteiger partial charge in [-0.3, -0.25) is 0 Å². The van der Waals surface area contributed by atoms with Crippen molar-refractivity contribution in [3.8, 4) is 6.07 Å². The summed E-state index contributed by atoms with van der Waals surface area (Å²) in [4.78, 5) is 0. The third kappa shape index (κ3) is 5.12. The highest BCUT2D eigenvalue weighted by Gasteiger charge is 2.41. The van der Waals surface area contributed by atoms with E-state index in [0.717, 1.165) is 6.26 Å². The van der Waals surface area contributed by atoms with Gasteiger partial charge in [0.05, 0.1) is 27.3 Å². The second kappa shape index (κ2) is 7.75. The first-order chi connectivity index (χ1) is 11.7. The molecule has 1 unspecified atom stereocenters. The summed E-state index contributed by atoms with van der Waals surface area (Å²) >= 11 is 0. The Bertz CT molecular complexity index is 828. The van der Waals surface area contributed by atoms with E-state index in [1.165, 1.54) is 13.0 Å². The zero-order chi connectivity index (χ0) is 20.4. The molecule has 3 atom stereocenters. The van der Waals surface area contributed by atoms with Crippen molar-refractivity contribution in [1.29, 1.82) is 5.26 Å². The molecule has 1 rings (SSSR count). The molecule has 146 valence electrons. The molecule has 0 bridgehead atoms. The van der Waals surface area contributed by atoms with E-state index in [1.54, 1.807) is 45.9 Å². The predicted molar refractivity (Wildman–Crippen MR) is 103 cm³/mol. The van der Waals surface area contributed by atoms with Gasteiger partial charge in [0.2, 0.25) is 0 Å². The molecule has 0 amide bonds. The van der Waals surface area contributed by atoms with Crippen molar-refractivity contribution >= 4 is 20.8 Å². The van der Waals surface area contributed by atoms with Crippen molar-refractivity contribution in [1.82, 2.24) is 4.72 Å². The number of rotatable bonds is 7. The number of nitrogens with zero attached hydrogens (tertiary/aromatic N) is 1. The van der Waals surface area contributed by atoms with Crippen LogP contribution in [-0.4, -0.2) is 28.4 Å². The lowest BCUT2D eigenvalue weighted by Gasteiger charge is -2.35. The molecular formula is C18H27FN2O3S2. The summed E-state index contributed by atoms with van der Waals surface area (Å²) in [6.45, 7) is 8.38. The maximum absolute atomic E-state index is 14.4. The van der Waals surface area contributed by atoms with Crippen LogP contribution < -0.4 is 4.72 Å². The minimum atomic E-state index is -3.64. The molecule has 0 saturated carbocycles. The Kier molecular flexibility index (Phi) is 6.78. The van der Waals surface area contributed by atoms with Gasteiger partial charge in [-0.25, -0.2) is 21.7 Å². The molecule has 0 spiro atoms. The Morgan fingerprint density at radius 1 is 1.15 bits per heavy atom. The Hall–Kier alpha value is -1.30. The van der Waals surface area contributed by atoms with Gasteiger partial charge in [0.15, 0.2) is 14.6 Å². The monoisotopic (exact) mass is 402 g/mol. The van der Waals surface area contributed by atoms with Gasteiger partial charge in [0, 0.05) is 11.8 Å². The molecule has 0 aliphatic carbocycles. The highest BCUT2D eigenvalue weighted by molar-refractivity contribution is 7.92. The first kappa shape index (κ1) is 22.7. The Morgan fingerprint density at radius 3 is 2.12 bits per heavy atom. The second-order valence-corrected chi connectivity index (χ2v) is 12.3. The summed E-state index contributed by atoms with van der Waals surface area (Å²) in [7, 11) is -5.16. The third-order valence-electron chi connectivity index (χ3n) is 4.50. The highest BCUT2D eigenvalue weighted by atomic mass is 32.2. The minimum absolute atomic E-state index is 0.0263. The summed E-state index contributed by atoms with van der Waals surface area (Å²) in [6, 6.07) is 7.95. The molecule has 8 heteroatoms. The van der Waals surface area contributed by atoms with Crippen LogP contribution in [0.15, 0.2) is 24.3 Å². The van der Waals surface area contributed by atoms with Crippen LogP contribution >= 0.6 is 0 Å². The van der Waals surface area contributed by atoms with Crippen LogP contribution in [-0.2, 0) is 26.4 Å². The first-order valence-corrected chi connectivity index (χ1v) is 11.3. The predicted octanol–water partition coefficient (Wildman–Crippen LogP) is 3.20. The van der Waals surface area contributed by atoms with Gasteiger partial charge < -0.3 is 0 Å². The maximum Gasteiger partial charge on any atom is 0.166 e. The van der Waals surface area contributed by atoms with E-state index in [0.29, 0.717) is 0 Å². The van der Waals surface area contributed by atoms with E-state index in [1.807, 2.05) is 6.07 Å². The average Bonchev–Trinajstić information content (AvgIpc) is 2.51. The smallest absolute Gasteiger partial charge is 0.166 e. The van der Waals surface area contributed by atoms with Crippen molar-refractivity contribution in [2.75, 3.05) is 6.26 Å². The second-order valence-electron chi connectivity index (χ2n) is 7.91. The van der Waals surface area contributed by atoms with Crippen molar-refractivity contribution in [2.45, 2.75) is 62.5 Å². The third-order valence-corrected chi connectivity index (χ3v) is 8.18. The Balaban J connectivity index is 3.33. The molecule has 0 aliphatic rings. The van der Waals surface area contributed by atoms with Gasteiger partial charge in [0.1, 0.15) is 5.82 Å². The van der Waals surface area contributed by atoms with Crippen LogP contribution in [0.1, 0.15) is 53.0 Å². The van der Waals surface area contributed by atoms with Crippen LogP contribution in [0.4, 0.5) is 4.39 Å². The van der Waals surface area contributed by atoms with E-state index in [9.17, 15) is 22.3 Å². The minimum Gasteiger partial charge on any atom is -0.242 e. The normalized spacial score (nSPS) is 18.4. The van der Waals surface area contributed by atoms with Crippen LogP contribution in [0.25, 0.3) is 0 Å². The van der Waals surface area contributed by atoms with Gasteiger partial charge in [-0.15, -0.1) is 0 Å². The molecule has 0 radical (unpaired) electrons. The van der Waals surface area contributed by atoms with Gasteiger partial charge >= 0.3 is 0 Å². The number of halogens is 1. The first-order valence-electron chi connectivity index (χ1n) is 8.22. The van der Waals surface area contributed by atoms with Crippen molar-refractivity contribution in [2.24, 2.45) is 0 Å². The molecule has 26 heavy (non-hydrogen) atoms. The summed E-state index contributed by atoms with van der Waals surface area (Å²) < 4.78 is 51.9. The molecule has 0 heterocycles. The fraction of sp³-hybridized carbons (Fsp3) is 0.611. The lowest BCUT2D eigenvalue weighted by molar-refractivity contribution is 0.365. The molecule has 1 N–H and O–H groups in total. The largest absolute Gasteiger partial charge is 0.242 e.